The Labute approximate surface area is 98.4 Å². The summed E-state index contributed by atoms with van der Waals surface area (Å²) in [5.41, 5.74) is 0.321. The average molecular weight is 236 g/mol. The van der Waals surface area contributed by atoms with Crippen LogP contribution >= 0.6 is 0 Å². The zero-order chi connectivity index (χ0) is 12.0. The second kappa shape index (κ2) is 3.50. The predicted molar refractivity (Wildman–Crippen MR) is 59.7 cm³/mol. The molecule has 17 heavy (non-hydrogen) atoms. The van der Waals surface area contributed by atoms with Gasteiger partial charge in [-0.15, -0.1) is 0 Å². The summed E-state index contributed by atoms with van der Waals surface area (Å²) in [5, 5.41) is 0. The molecule has 1 aromatic rings. The maximum absolute atomic E-state index is 14.0. The number of Topliss-reactive ketones (excluding diaryl/α,β-unsaturated/α-hetero) is 1. The zero-order valence-electron chi connectivity index (χ0n) is 9.57. The van der Waals surface area contributed by atoms with Crippen LogP contribution in [0.25, 0.3) is 0 Å². The highest BCUT2D eigenvalue weighted by atomic mass is 19.1. The van der Waals surface area contributed by atoms with Crippen molar-refractivity contribution in [2.45, 2.75) is 6.92 Å². The van der Waals surface area contributed by atoms with Gasteiger partial charge >= 0.3 is 0 Å². The molecule has 90 valence electrons. The molecular weight excluding hydrogens is 223 g/mol. The smallest absolute Gasteiger partial charge is 0.176 e. The van der Waals surface area contributed by atoms with Crippen LogP contribution in [-0.4, -0.2) is 37.1 Å². The quantitative estimate of drug-likeness (QED) is 0.725. The Bertz CT molecular complexity index is 477. The van der Waals surface area contributed by atoms with E-state index in [1.54, 1.807) is 0 Å². The van der Waals surface area contributed by atoms with Gasteiger partial charge in [0.25, 0.3) is 0 Å². The van der Waals surface area contributed by atoms with E-state index in [1.807, 2.05) is 4.90 Å². The maximum atomic E-state index is 14.0. The highest BCUT2D eigenvalue weighted by Crippen LogP contribution is 2.40. The zero-order valence-corrected chi connectivity index (χ0v) is 9.57. The molecule has 0 aliphatic carbocycles. The average Bonchev–Trinajstić information content (AvgIpc) is 2.15. The lowest BCUT2D eigenvalue weighted by Gasteiger charge is -2.55. The minimum absolute atomic E-state index is 0.112. The first-order chi connectivity index (χ1) is 8.11. The molecule has 0 saturated carbocycles. The number of nitrogens with zero attached hydrogens (tertiary/aromatic N) is 2. The Kier molecular flexibility index (Phi) is 2.19. The van der Waals surface area contributed by atoms with Crippen molar-refractivity contribution in [3.05, 3.63) is 23.6 Å². The molecule has 5 heteroatoms. The first kappa shape index (κ1) is 10.7. The number of aromatic nitrogens is 1. The summed E-state index contributed by atoms with van der Waals surface area (Å²) >= 11 is 0. The van der Waals surface area contributed by atoms with E-state index < -0.39 is 5.82 Å². The normalized spacial score (nSPS) is 20.9. The van der Waals surface area contributed by atoms with Gasteiger partial charge in [0.15, 0.2) is 17.4 Å². The van der Waals surface area contributed by atoms with Gasteiger partial charge in [-0.1, -0.05) is 0 Å². The van der Waals surface area contributed by atoms with Crippen molar-refractivity contribution < 1.29 is 13.9 Å². The number of ether oxygens (including phenoxy) is 1. The molecule has 0 amide bonds. The number of hydrogen-bond acceptors (Lipinski definition) is 4. The van der Waals surface area contributed by atoms with Crippen LogP contribution < -0.4 is 4.90 Å². The van der Waals surface area contributed by atoms with Crippen molar-refractivity contribution in [2.24, 2.45) is 5.41 Å². The van der Waals surface area contributed by atoms with Crippen molar-refractivity contribution in [2.75, 3.05) is 31.2 Å². The van der Waals surface area contributed by atoms with Crippen molar-refractivity contribution in [3.8, 4) is 0 Å². The first-order valence-electron chi connectivity index (χ1n) is 5.59. The van der Waals surface area contributed by atoms with Crippen LogP contribution in [0.2, 0.25) is 0 Å². The van der Waals surface area contributed by atoms with Gasteiger partial charge in [0.2, 0.25) is 0 Å². The summed E-state index contributed by atoms with van der Waals surface area (Å²) in [7, 11) is 0. The fourth-order valence-corrected chi connectivity index (χ4v) is 2.41. The lowest BCUT2D eigenvalue weighted by molar-refractivity contribution is -0.127. The topological polar surface area (TPSA) is 42.4 Å². The van der Waals surface area contributed by atoms with Gasteiger partial charge in [0.05, 0.1) is 24.2 Å². The Hall–Kier alpha value is -1.49. The van der Waals surface area contributed by atoms with E-state index in [0.29, 0.717) is 0 Å². The molecule has 0 atom stereocenters. The van der Waals surface area contributed by atoms with E-state index in [4.69, 9.17) is 4.74 Å². The van der Waals surface area contributed by atoms with Gasteiger partial charge in [0.1, 0.15) is 0 Å². The van der Waals surface area contributed by atoms with Gasteiger partial charge in [-0.3, -0.25) is 4.79 Å². The first-order valence-corrected chi connectivity index (χ1v) is 5.59. The number of carbonyl (C=O) groups excluding carboxylic acids is 1. The maximum Gasteiger partial charge on any atom is 0.176 e. The molecule has 2 aliphatic heterocycles. The highest BCUT2D eigenvalue weighted by Gasteiger charge is 2.50. The third-order valence-electron chi connectivity index (χ3n) is 3.42. The third kappa shape index (κ3) is 1.53. The van der Waals surface area contributed by atoms with E-state index in [1.165, 1.54) is 19.2 Å². The summed E-state index contributed by atoms with van der Waals surface area (Å²) in [5.74, 6) is -0.487. The minimum atomic E-state index is -0.505. The summed E-state index contributed by atoms with van der Waals surface area (Å²) in [6.07, 6.45) is 1.48. The molecule has 0 bridgehead atoms. The van der Waals surface area contributed by atoms with Crippen LogP contribution in [0.15, 0.2) is 12.3 Å². The van der Waals surface area contributed by atoms with Crippen LogP contribution in [0.1, 0.15) is 17.3 Å². The molecule has 2 aliphatic rings. The highest BCUT2D eigenvalue weighted by molar-refractivity contribution is 5.95. The molecule has 0 radical (unpaired) electrons. The SMILES string of the molecule is CC(=O)c1ccnc(N2CC3(COC3)C2)c1F. The molecule has 0 unspecified atom stereocenters. The summed E-state index contributed by atoms with van der Waals surface area (Å²) in [4.78, 5) is 17.1. The Morgan fingerprint density at radius 1 is 1.53 bits per heavy atom. The van der Waals surface area contributed by atoms with Gasteiger partial charge < -0.3 is 9.64 Å². The number of halogens is 1. The van der Waals surface area contributed by atoms with E-state index in [-0.39, 0.29) is 22.6 Å². The van der Waals surface area contributed by atoms with E-state index >= 15 is 0 Å². The van der Waals surface area contributed by atoms with Crippen molar-refractivity contribution in [1.82, 2.24) is 4.98 Å². The Balaban J connectivity index is 1.84. The number of anilines is 1. The number of ketones is 1. The molecule has 0 aromatic carbocycles. The molecule has 3 heterocycles. The van der Waals surface area contributed by atoms with Crippen LogP contribution in [0.3, 0.4) is 0 Å². The van der Waals surface area contributed by atoms with E-state index in [9.17, 15) is 9.18 Å². The summed E-state index contributed by atoms with van der Waals surface area (Å²) in [6, 6.07) is 1.42. The number of hydrogen-bond donors (Lipinski definition) is 0. The van der Waals surface area contributed by atoms with Gasteiger partial charge in [0, 0.05) is 19.3 Å². The fourth-order valence-electron chi connectivity index (χ4n) is 2.41. The number of pyridine rings is 1. The van der Waals surface area contributed by atoms with Gasteiger partial charge in [-0.05, 0) is 13.0 Å². The van der Waals surface area contributed by atoms with Crippen LogP contribution in [-0.2, 0) is 4.74 Å². The van der Waals surface area contributed by atoms with Crippen LogP contribution in [0.5, 0.6) is 0 Å². The van der Waals surface area contributed by atoms with Crippen LogP contribution in [0.4, 0.5) is 10.2 Å². The summed E-state index contributed by atoms with van der Waals surface area (Å²) < 4.78 is 19.2. The predicted octanol–water partition coefficient (Wildman–Crippen LogP) is 1.26. The second-order valence-corrected chi connectivity index (χ2v) is 4.90. The third-order valence-corrected chi connectivity index (χ3v) is 3.42. The Morgan fingerprint density at radius 3 is 2.76 bits per heavy atom. The van der Waals surface area contributed by atoms with Gasteiger partial charge in [-0.2, -0.15) is 0 Å². The van der Waals surface area contributed by atoms with Crippen molar-refractivity contribution in [1.29, 1.82) is 0 Å². The molecular formula is C12H13FN2O2. The van der Waals surface area contributed by atoms with E-state index in [0.717, 1.165) is 26.3 Å². The number of rotatable bonds is 2. The molecule has 0 N–H and O–H groups in total. The van der Waals surface area contributed by atoms with Crippen molar-refractivity contribution >= 4 is 11.6 Å². The lowest BCUT2D eigenvalue weighted by atomic mass is 9.78. The largest absolute Gasteiger partial charge is 0.380 e. The molecule has 4 nitrogen and oxygen atoms in total. The van der Waals surface area contributed by atoms with Crippen molar-refractivity contribution in [3.63, 3.8) is 0 Å². The number of carbonyl (C=O) groups is 1. The van der Waals surface area contributed by atoms with E-state index in [2.05, 4.69) is 4.98 Å². The monoisotopic (exact) mass is 236 g/mol. The molecule has 2 saturated heterocycles. The molecule has 1 spiro atoms. The minimum Gasteiger partial charge on any atom is -0.380 e. The Morgan fingerprint density at radius 2 is 2.24 bits per heavy atom. The fraction of sp³-hybridized carbons (Fsp3) is 0.500. The van der Waals surface area contributed by atoms with Gasteiger partial charge in [-0.25, -0.2) is 9.37 Å². The second-order valence-electron chi connectivity index (χ2n) is 4.90. The molecule has 2 fully saturated rings. The summed E-state index contributed by atoms with van der Waals surface area (Å²) in [6.45, 7) is 4.38. The standard InChI is InChI=1S/C12H13FN2O2/c1-8(16)9-2-3-14-11(10(9)13)15-4-12(5-15)6-17-7-12/h2-3H,4-7H2,1H3. The molecule has 3 rings (SSSR count). The lowest BCUT2D eigenvalue weighted by Crippen LogP contribution is -2.66. The molecule has 1 aromatic heterocycles. The van der Waals surface area contributed by atoms with Crippen LogP contribution in [0, 0.1) is 11.2 Å².